The first-order chi connectivity index (χ1) is 10.2. The molecule has 1 N–H and O–H groups in total. The summed E-state index contributed by atoms with van der Waals surface area (Å²) >= 11 is 5.75. The van der Waals surface area contributed by atoms with E-state index in [1.54, 1.807) is 6.07 Å². The lowest BCUT2D eigenvalue weighted by Gasteiger charge is -2.26. The maximum absolute atomic E-state index is 13.1. The zero-order valence-electron chi connectivity index (χ0n) is 11.1. The number of anilines is 3. The summed E-state index contributed by atoms with van der Waals surface area (Å²) < 4.78 is 18.4. The van der Waals surface area contributed by atoms with Crippen molar-refractivity contribution < 1.29 is 9.13 Å². The second-order valence-corrected chi connectivity index (χ2v) is 4.90. The number of morpholine rings is 1. The first-order valence-electron chi connectivity index (χ1n) is 6.47. The van der Waals surface area contributed by atoms with Crippen LogP contribution in [0.5, 0.6) is 0 Å². The molecule has 8 heteroatoms. The largest absolute Gasteiger partial charge is 0.378 e. The van der Waals surface area contributed by atoms with E-state index >= 15 is 0 Å². The number of aromatic nitrogens is 3. The molecule has 2 heterocycles. The number of hydrogen-bond acceptors (Lipinski definition) is 6. The van der Waals surface area contributed by atoms with Gasteiger partial charge in [0.2, 0.25) is 5.95 Å². The predicted octanol–water partition coefficient (Wildman–Crippen LogP) is 2.24. The minimum absolute atomic E-state index is 0.0513. The van der Waals surface area contributed by atoms with Crippen LogP contribution in [-0.4, -0.2) is 41.5 Å². The number of benzene rings is 1. The molecular weight excluding hydrogens is 297 g/mol. The SMILES string of the molecule is Fc1ccc(Nc2cnnc(N3CCOCC3)n2)cc1Cl. The van der Waals surface area contributed by atoms with E-state index in [1.165, 1.54) is 18.3 Å². The Kier molecular flexibility index (Phi) is 4.12. The van der Waals surface area contributed by atoms with Crippen molar-refractivity contribution in [2.45, 2.75) is 0 Å². The average molecular weight is 310 g/mol. The van der Waals surface area contributed by atoms with Crippen LogP contribution in [-0.2, 0) is 4.74 Å². The van der Waals surface area contributed by atoms with Gasteiger partial charge in [-0.1, -0.05) is 11.6 Å². The summed E-state index contributed by atoms with van der Waals surface area (Å²) in [4.78, 5) is 6.39. The molecule has 0 amide bonds. The molecule has 0 aliphatic carbocycles. The van der Waals surface area contributed by atoms with Crippen molar-refractivity contribution in [3.63, 3.8) is 0 Å². The topological polar surface area (TPSA) is 63.2 Å². The first-order valence-corrected chi connectivity index (χ1v) is 6.85. The van der Waals surface area contributed by atoms with Gasteiger partial charge in [-0.2, -0.15) is 10.1 Å². The molecule has 0 unspecified atom stereocenters. The van der Waals surface area contributed by atoms with Crippen LogP contribution >= 0.6 is 11.6 Å². The Labute approximate surface area is 125 Å². The Hall–Kier alpha value is -1.99. The Bertz CT molecular complexity index is 636. The highest BCUT2D eigenvalue weighted by atomic mass is 35.5. The summed E-state index contributed by atoms with van der Waals surface area (Å²) in [5, 5.41) is 11.0. The molecule has 0 spiro atoms. The first kappa shape index (κ1) is 14.0. The van der Waals surface area contributed by atoms with E-state index in [-0.39, 0.29) is 5.02 Å². The van der Waals surface area contributed by atoms with Crippen LogP contribution in [0.1, 0.15) is 0 Å². The molecule has 1 fully saturated rings. The van der Waals surface area contributed by atoms with Crippen molar-refractivity contribution in [2.75, 3.05) is 36.5 Å². The number of hydrogen-bond donors (Lipinski definition) is 1. The van der Waals surface area contributed by atoms with Gasteiger partial charge < -0.3 is 15.0 Å². The Balaban J connectivity index is 1.77. The highest BCUT2D eigenvalue weighted by Crippen LogP contribution is 2.22. The molecule has 1 aliphatic rings. The molecule has 3 rings (SSSR count). The van der Waals surface area contributed by atoms with Crippen LogP contribution < -0.4 is 10.2 Å². The average Bonchev–Trinajstić information content (AvgIpc) is 2.52. The van der Waals surface area contributed by atoms with Gasteiger partial charge in [-0.3, -0.25) is 0 Å². The normalized spacial score (nSPS) is 15.0. The minimum atomic E-state index is -0.461. The number of halogens is 2. The van der Waals surface area contributed by atoms with Crippen molar-refractivity contribution in [1.82, 2.24) is 15.2 Å². The summed E-state index contributed by atoms with van der Waals surface area (Å²) in [6.07, 6.45) is 1.50. The van der Waals surface area contributed by atoms with Crippen LogP contribution in [0.3, 0.4) is 0 Å². The molecule has 0 saturated carbocycles. The van der Waals surface area contributed by atoms with Gasteiger partial charge in [0.1, 0.15) is 5.82 Å². The third kappa shape index (κ3) is 3.37. The van der Waals surface area contributed by atoms with Crippen LogP contribution in [0, 0.1) is 5.82 Å². The van der Waals surface area contributed by atoms with Gasteiger partial charge in [-0.25, -0.2) is 4.39 Å². The molecule has 1 aromatic carbocycles. The Morgan fingerprint density at radius 2 is 2.10 bits per heavy atom. The molecule has 1 aliphatic heterocycles. The third-order valence-electron chi connectivity index (χ3n) is 3.03. The van der Waals surface area contributed by atoms with Crippen molar-refractivity contribution in [3.05, 3.63) is 35.2 Å². The van der Waals surface area contributed by atoms with Gasteiger partial charge >= 0.3 is 0 Å². The number of nitrogens with zero attached hydrogens (tertiary/aromatic N) is 4. The Morgan fingerprint density at radius 3 is 2.86 bits per heavy atom. The van der Waals surface area contributed by atoms with Crippen LogP contribution in [0.15, 0.2) is 24.4 Å². The molecule has 1 saturated heterocycles. The molecular formula is C13H13ClFN5O. The van der Waals surface area contributed by atoms with Gasteiger partial charge in [0.05, 0.1) is 24.4 Å². The lowest BCUT2D eigenvalue weighted by atomic mass is 10.3. The van der Waals surface area contributed by atoms with E-state index < -0.39 is 5.82 Å². The molecule has 110 valence electrons. The highest BCUT2D eigenvalue weighted by molar-refractivity contribution is 6.31. The Morgan fingerprint density at radius 1 is 1.29 bits per heavy atom. The summed E-state index contributed by atoms with van der Waals surface area (Å²) in [7, 11) is 0. The molecule has 0 bridgehead atoms. The number of ether oxygens (including phenoxy) is 1. The maximum Gasteiger partial charge on any atom is 0.247 e. The number of nitrogens with one attached hydrogen (secondary N) is 1. The second-order valence-electron chi connectivity index (χ2n) is 4.49. The zero-order chi connectivity index (χ0) is 14.7. The smallest absolute Gasteiger partial charge is 0.247 e. The van der Waals surface area contributed by atoms with E-state index in [0.717, 1.165) is 13.1 Å². The van der Waals surface area contributed by atoms with Gasteiger partial charge in [0.15, 0.2) is 5.82 Å². The molecule has 1 aromatic heterocycles. The maximum atomic E-state index is 13.1. The summed E-state index contributed by atoms with van der Waals surface area (Å²) in [6, 6.07) is 4.37. The van der Waals surface area contributed by atoms with E-state index in [0.29, 0.717) is 30.7 Å². The molecule has 6 nitrogen and oxygen atoms in total. The molecule has 21 heavy (non-hydrogen) atoms. The molecule has 0 atom stereocenters. The van der Waals surface area contributed by atoms with Crippen molar-refractivity contribution in [3.8, 4) is 0 Å². The third-order valence-corrected chi connectivity index (χ3v) is 3.32. The van der Waals surface area contributed by atoms with Crippen molar-refractivity contribution in [2.24, 2.45) is 0 Å². The second kappa shape index (κ2) is 6.19. The lowest BCUT2D eigenvalue weighted by molar-refractivity contribution is 0.122. The lowest BCUT2D eigenvalue weighted by Crippen LogP contribution is -2.37. The minimum Gasteiger partial charge on any atom is -0.378 e. The van der Waals surface area contributed by atoms with E-state index in [2.05, 4.69) is 20.5 Å². The quantitative estimate of drug-likeness (QED) is 0.938. The summed E-state index contributed by atoms with van der Waals surface area (Å²) in [6.45, 7) is 2.75. The summed E-state index contributed by atoms with van der Waals surface area (Å²) in [5.41, 5.74) is 0.634. The van der Waals surface area contributed by atoms with Gasteiger partial charge in [-0.05, 0) is 18.2 Å². The van der Waals surface area contributed by atoms with Gasteiger partial charge in [-0.15, -0.1) is 5.10 Å². The standard InChI is InChI=1S/C13H13ClFN5O/c14-10-7-9(1-2-11(10)15)17-12-8-16-19-13(18-12)20-3-5-21-6-4-20/h1-2,7-8H,3-6H2,(H,17,18,19). The highest BCUT2D eigenvalue weighted by Gasteiger charge is 2.14. The summed E-state index contributed by atoms with van der Waals surface area (Å²) in [5.74, 6) is 0.600. The number of rotatable bonds is 3. The monoisotopic (exact) mass is 309 g/mol. The fraction of sp³-hybridized carbons (Fsp3) is 0.308. The van der Waals surface area contributed by atoms with Crippen molar-refractivity contribution >= 4 is 29.1 Å². The van der Waals surface area contributed by atoms with Crippen molar-refractivity contribution in [1.29, 1.82) is 0 Å². The predicted molar refractivity (Wildman–Crippen MR) is 77.6 cm³/mol. The fourth-order valence-electron chi connectivity index (χ4n) is 1.97. The fourth-order valence-corrected chi connectivity index (χ4v) is 2.15. The molecule has 0 radical (unpaired) electrons. The zero-order valence-corrected chi connectivity index (χ0v) is 11.8. The van der Waals surface area contributed by atoms with E-state index in [9.17, 15) is 4.39 Å². The van der Waals surface area contributed by atoms with Crippen LogP contribution in [0.4, 0.5) is 21.8 Å². The van der Waals surface area contributed by atoms with Gasteiger partial charge in [0.25, 0.3) is 0 Å². The van der Waals surface area contributed by atoms with Gasteiger partial charge in [0, 0.05) is 18.8 Å². The van der Waals surface area contributed by atoms with E-state index in [1.807, 2.05) is 4.90 Å². The van der Waals surface area contributed by atoms with Crippen LogP contribution in [0.2, 0.25) is 5.02 Å². The molecule has 2 aromatic rings. The van der Waals surface area contributed by atoms with Crippen LogP contribution in [0.25, 0.3) is 0 Å². The van der Waals surface area contributed by atoms with E-state index in [4.69, 9.17) is 16.3 Å².